The Hall–Kier alpha value is -0.710. The number of rotatable bonds is 7. The molecule has 1 fully saturated rings. The van der Waals surface area contributed by atoms with E-state index in [9.17, 15) is 9.90 Å². The number of carbonyl (C=O) groups is 1. The average molecular weight is 300 g/mol. The molecule has 0 amide bonds. The molecular formula is C14H18ClNO2S. The van der Waals surface area contributed by atoms with Crippen LogP contribution < -0.4 is 5.32 Å². The second-order valence-corrected chi connectivity index (χ2v) is 6.72. The standard InChI is InChI=1S/C14H18ClNO2S/c1-14(13(17)18,16-11-5-6-11)7-8-19-12-4-2-3-10(15)9-12/h2-4,9,11,16H,5-8H2,1H3,(H,17,18). The van der Waals surface area contributed by atoms with Gasteiger partial charge in [-0.2, -0.15) is 0 Å². The van der Waals surface area contributed by atoms with Crippen LogP contribution >= 0.6 is 23.4 Å². The predicted molar refractivity (Wildman–Crippen MR) is 79.0 cm³/mol. The highest BCUT2D eigenvalue weighted by Crippen LogP contribution is 2.27. The van der Waals surface area contributed by atoms with Crippen molar-refractivity contribution in [3.8, 4) is 0 Å². The number of aliphatic carboxylic acids is 1. The Labute approximate surface area is 122 Å². The van der Waals surface area contributed by atoms with E-state index in [4.69, 9.17) is 11.6 Å². The van der Waals surface area contributed by atoms with Crippen molar-refractivity contribution in [3.63, 3.8) is 0 Å². The minimum atomic E-state index is -0.827. The molecule has 1 unspecified atom stereocenters. The number of halogens is 1. The van der Waals surface area contributed by atoms with E-state index in [1.807, 2.05) is 24.3 Å². The molecule has 19 heavy (non-hydrogen) atoms. The van der Waals surface area contributed by atoms with Gasteiger partial charge in [-0.3, -0.25) is 10.1 Å². The van der Waals surface area contributed by atoms with Crippen LogP contribution in [0, 0.1) is 0 Å². The lowest BCUT2D eigenvalue weighted by molar-refractivity contribution is -0.144. The first-order valence-electron chi connectivity index (χ1n) is 6.39. The number of hydrogen-bond acceptors (Lipinski definition) is 3. The molecule has 5 heteroatoms. The third-order valence-electron chi connectivity index (χ3n) is 3.24. The lowest BCUT2D eigenvalue weighted by Gasteiger charge is -2.26. The van der Waals surface area contributed by atoms with Gasteiger partial charge in [0.15, 0.2) is 0 Å². The van der Waals surface area contributed by atoms with E-state index < -0.39 is 11.5 Å². The summed E-state index contributed by atoms with van der Waals surface area (Å²) in [4.78, 5) is 12.5. The first kappa shape index (κ1) is 14.7. The summed E-state index contributed by atoms with van der Waals surface area (Å²) in [6.07, 6.45) is 2.77. The van der Waals surface area contributed by atoms with Gasteiger partial charge in [0.2, 0.25) is 0 Å². The van der Waals surface area contributed by atoms with Gasteiger partial charge in [0.05, 0.1) is 0 Å². The second-order valence-electron chi connectivity index (χ2n) is 5.11. The van der Waals surface area contributed by atoms with Crippen LogP contribution in [0.25, 0.3) is 0 Å². The van der Waals surface area contributed by atoms with Crippen molar-refractivity contribution < 1.29 is 9.90 Å². The van der Waals surface area contributed by atoms with Gasteiger partial charge in [-0.05, 0) is 44.4 Å². The Morgan fingerprint density at radius 2 is 2.32 bits per heavy atom. The first-order valence-corrected chi connectivity index (χ1v) is 7.75. The highest BCUT2D eigenvalue weighted by atomic mass is 35.5. The zero-order valence-electron chi connectivity index (χ0n) is 10.9. The monoisotopic (exact) mass is 299 g/mol. The molecule has 0 aliphatic heterocycles. The Kier molecular flexibility index (Phi) is 4.76. The SMILES string of the molecule is CC(CCSc1cccc(Cl)c1)(NC1CC1)C(=O)O. The molecule has 1 aliphatic rings. The van der Waals surface area contributed by atoms with Gasteiger partial charge >= 0.3 is 5.97 Å². The molecule has 0 saturated heterocycles. The van der Waals surface area contributed by atoms with Crippen molar-refractivity contribution in [1.29, 1.82) is 0 Å². The van der Waals surface area contributed by atoms with Gasteiger partial charge in [0, 0.05) is 21.7 Å². The highest BCUT2D eigenvalue weighted by molar-refractivity contribution is 7.99. The molecule has 104 valence electrons. The van der Waals surface area contributed by atoms with E-state index >= 15 is 0 Å². The molecule has 2 rings (SSSR count). The maximum absolute atomic E-state index is 11.4. The van der Waals surface area contributed by atoms with Gasteiger partial charge in [-0.1, -0.05) is 17.7 Å². The van der Waals surface area contributed by atoms with Crippen molar-refractivity contribution in [2.45, 2.75) is 42.7 Å². The van der Waals surface area contributed by atoms with Crippen LogP contribution in [0.4, 0.5) is 0 Å². The van der Waals surface area contributed by atoms with Gasteiger partial charge in [-0.25, -0.2) is 0 Å². The molecule has 1 saturated carbocycles. The zero-order valence-corrected chi connectivity index (χ0v) is 12.4. The van der Waals surface area contributed by atoms with Crippen molar-refractivity contribution in [1.82, 2.24) is 5.32 Å². The maximum Gasteiger partial charge on any atom is 0.323 e. The number of nitrogens with one attached hydrogen (secondary N) is 1. The predicted octanol–water partition coefficient (Wildman–Crippen LogP) is 3.42. The summed E-state index contributed by atoms with van der Waals surface area (Å²) in [6, 6.07) is 8.02. The molecule has 1 aliphatic carbocycles. The quantitative estimate of drug-likeness (QED) is 0.758. The van der Waals surface area contributed by atoms with Crippen LogP contribution in [0.1, 0.15) is 26.2 Å². The molecule has 0 bridgehead atoms. The highest BCUT2D eigenvalue weighted by Gasteiger charge is 2.37. The Balaban J connectivity index is 1.86. The number of hydrogen-bond donors (Lipinski definition) is 2. The summed E-state index contributed by atoms with van der Waals surface area (Å²) >= 11 is 7.56. The Bertz CT molecular complexity index is 465. The van der Waals surface area contributed by atoms with Crippen molar-refractivity contribution in [2.75, 3.05) is 5.75 Å². The lowest BCUT2D eigenvalue weighted by atomic mass is 9.99. The lowest BCUT2D eigenvalue weighted by Crippen LogP contribution is -2.50. The normalized spacial score (nSPS) is 18.0. The van der Waals surface area contributed by atoms with Crippen LogP contribution in [-0.4, -0.2) is 28.4 Å². The van der Waals surface area contributed by atoms with Crippen molar-refractivity contribution >= 4 is 29.3 Å². The summed E-state index contributed by atoms with van der Waals surface area (Å²) in [5.41, 5.74) is -0.827. The maximum atomic E-state index is 11.4. The smallest absolute Gasteiger partial charge is 0.323 e. The van der Waals surface area contributed by atoms with E-state index in [-0.39, 0.29) is 0 Å². The number of carboxylic acid groups (broad SMARTS) is 1. The summed E-state index contributed by atoms with van der Waals surface area (Å²) in [7, 11) is 0. The molecule has 1 aromatic carbocycles. The van der Waals surface area contributed by atoms with E-state index in [1.165, 1.54) is 0 Å². The molecule has 0 spiro atoms. The third kappa shape index (κ3) is 4.41. The zero-order chi connectivity index (χ0) is 13.9. The average Bonchev–Trinajstić information content (AvgIpc) is 3.12. The largest absolute Gasteiger partial charge is 0.480 e. The van der Waals surface area contributed by atoms with E-state index in [0.29, 0.717) is 17.5 Å². The van der Waals surface area contributed by atoms with Gasteiger partial charge in [0.25, 0.3) is 0 Å². The minimum absolute atomic E-state index is 0.386. The molecule has 0 heterocycles. The van der Waals surface area contributed by atoms with Crippen LogP contribution in [0.15, 0.2) is 29.2 Å². The Morgan fingerprint density at radius 1 is 1.58 bits per heavy atom. The summed E-state index contributed by atoms with van der Waals surface area (Å²) in [5, 5.41) is 13.3. The van der Waals surface area contributed by atoms with E-state index in [1.54, 1.807) is 18.7 Å². The number of thioether (sulfide) groups is 1. The number of carboxylic acids is 1. The first-order chi connectivity index (χ1) is 8.99. The number of benzene rings is 1. The van der Waals surface area contributed by atoms with Gasteiger partial charge in [-0.15, -0.1) is 11.8 Å². The van der Waals surface area contributed by atoms with Crippen LogP contribution in [0.2, 0.25) is 5.02 Å². The van der Waals surface area contributed by atoms with Crippen LogP contribution in [0.5, 0.6) is 0 Å². The molecular weight excluding hydrogens is 282 g/mol. The fraction of sp³-hybridized carbons (Fsp3) is 0.500. The topological polar surface area (TPSA) is 49.3 Å². The molecule has 1 aromatic rings. The summed E-state index contributed by atoms with van der Waals surface area (Å²) in [6.45, 7) is 1.77. The van der Waals surface area contributed by atoms with E-state index in [2.05, 4.69) is 5.32 Å². The summed E-state index contributed by atoms with van der Waals surface area (Å²) in [5.74, 6) is -0.0193. The molecule has 0 radical (unpaired) electrons. The third-order valence-corrected chi connectivity index (χ3v) is 4.47. The minimum Gasteiger partial charge on any atom is -0.480 e. The fourth-order valence-electron chi connectivity index (χ4n) is 1.85. The van der Waals surface area contributed by atoms with Gasteiger partial charge < -0.3 is 5.11 Å². The van der Waals surface area contributed by atoms with Crippen molar-refractivity contribution in [3.05, 3.63) is 29.3 Å². The van der Waals surface area contributed by atoms with E-state index in [0.717, 1.165) is 23.5 Å². The second kappa shape index (κ2) is 6.16. The molecule has 1 atom stereocenters. The van der Waals surface area contributed by atoms with Gasteiger partial charge in [0.1, 0.15) is 5.54 Å². The molecule has 0 aromatic heterocycles. The molecule has 3 nitrogen and oxygen atoms in total. The Morgan fingerprint density at radius 3 is 2.89 bits per heavy atom. The summed E-state index contributed by atoms with van der Waals surface area (Å²) < 4.78 is 0. The van der Waals surface area contributed by atoms with Crippen LogP contribution in [-0.2, 0) is 4.79 Å². The fourth-order valence-corrected chi connectivity index (χ4v) is 3.23. The van der Waals surface area contributed by atoms with Crippen molar-refractivity contribution in [2.24, 2.45) is 0 Å². The molecule has 2 N–H and O–H groups in total. The van der Waals surface area contributed by atoms with Crippen LogP contribution in [0.3, 0.4) is 0 Å².